The highest BCUT2D eigenvalue weighted by Crippen LogP contribution is 2.31. The van der Waals surface area contributed by atoms with Crippen LogP contribution in [0.1, 0.15) is 20.3 Å². The number of ether oxygens (including phenoxy) is 1. The van der Waals surface area contributed by atoms with Gasteiger partial charge in [-0.25, -0.2) is 0 Å². The van der Waals surface area contributed by atoms with Gasteiger partial charge in [0.05, 0.1) is 12.8 Å². The molecule has 1 fully saturated rings. The molecule has 1 aromatic rings. The predicted octanol–water partition coefficient (Wildman–Crippen LogP) is 0.900. The van der Waals surface area contributed by atoms with E-state index in [1.54, 1.807) is 25.9 Å². The van der Waals surface area contributed by atoms with Crippen molar-refractivity contribution in [1.29, 1.82) is 0 Å². The largest absolute Gasteiger partial charge is 0.495 e. The molecule has 3 unspecified atom stereocenters. The molecule has 1 aliphatic heterocycles. The fraction of sp³-hybridized carbons (Fsp3) is 0.500. The minimum Gasteiger partial charge on any atom is -0.495 e. The Morgan fingerprint density at radius 3 is 2.73 bits per heavy atom. The number of rotatable bonds is 5. The molecule has 3 N–H and O–H groups in total. The molecular weight excluding hydrogens is 282 g/mol. The lowest BCUT2D eigenvalue weighted by molar-refractivity contribution is -0.129. The van der Waals surface area contributed by atoms with Gasteiger partial charge in [-0.05, 0) is 25.5 Å². The molecule has 2 rings (SSSR count). The Bertz CT molecular complexity index is 559. The van der Waals surface area contributed by atoms with Crippen molar-refractivity contribution in [2.75, 3.05) is 18.6 Å². The van der Waals surface area contributed by atoms with Crippen LogP contribution in [0.25, 0.3) is 0 Å². The molecule has 120 valence electrons. The average molecular weight is 305 g/mol. The molecule has 0 saturated carbocycles. The van der Waals surface area contributed by atoms with Crippen molar-refractivity contribution < 1.29 is 14.3 Å². The molecule has 0 aliphatic carbocycles. The second-order valence-corrected chi connectivity index (χ2v) is 5.66. The van der Waals surface area contributed by atoms with E-state index in [9.17, 15) is 9.59 Å². The second-order valence-electron chi connectivity index (χ2n) is 5.66. The van der Waals surface area contributed by atoms with Crippen LogP contribution < -0.4 is 20.7 Å². The Kier molecular flexibility index (Phi) is 5.03. The van der Waals surface area contributed by atoms with Gasteiger partial charge in [0.25, 0.3) is 0 Å². The highest BCUT2D eigenvalue weighted by Gasteiger charge is 2.35. The van der Waals surface area contributed by atoms with Crippen LogP contribution in [0.4, 0.5) is 5.69 Å². The molecule has 1 aliphatic rings. The third kappa shape index (κ3) is 3.22. The Labute approximate surface area is 130 Å². The molecule has 2 amide bonds. The first-order valence-corrected chi connectivity index (χ1v) is 7.46. The van der Waals surface area contributed by atoms with Gasteiger partial charge < -0.3 is 20.7 Å². The lowest BCUT2D eigenvalue weighted by atomic mass is 10.0. The molecule has 3 atom stereocenters. The van der Waals surface area contributed by atoms with Crippen LogP contribution in [0, 0.1) is 5.92 Å². The van der Waals surface area contributed by atoms with Crippen LogP contribution in [-0.4, -0.2) is 37.6 Å². The molecule has 1 heterocycles. The monoisotopic (exact) mass is 305 g/mol. The molecule has 0 bridgehead atoms. The first kappa shape index (κ1) is 16.3. The summed E-state index contributed by atoms with van der Waals surface area (Å²) >= 11 is 0. The number of para-hydroxylation sites is 2. The van der Waals surface area contributed by atoms with E-state index in [0.29, 0.717) is 18.7 Å². The second kappa shape index (κ2) is 6.79. The fourth-order valence-electron chi connectivity index (χ4n) is 2.45. The lowest BCUT2D eigenvalue weighted by Crippen LogP contribution is -2.46. The van der Waals surface area contributed by atoms with Crippen molar-refractivity contribution in [2.24, 2.45) is 11.7 Å². The zero-order chi connectivity index (χ0) is 16.3. The summed E-state index contributed by atoms with van der Waals surface area (Å²) in [6.07, 6.45) is 0.578. The number of nitrogens with zero attached hydrogens (tertiary/aromatic N) is 1. The van der Waals surface area contributed by atoms with Gasteiger partial charge in [0.15, 0.2) is 0 Å². The summed E-state index contributed by atoms with van der Waals surface area (Å²) in [4.78, 5) is 26.2. The summed E-state index contributed by atoms with van der Waals surface area (Å²) in [7, 11) is 1.57. The number of anilines is 1. The van der Waals surface area contributed by atoms with Gasteiger partial charge in [0.2, 0.25) is 11.8 Å². The van der Waals surface area contributed by atoms with Gasteiger partial charge >= 0.3 is 0 Å². The summed E-state index contributed by atoms with van der Waals surface area (Å²) in [5.74, 6) is 0.0184. The van der Waals surface area contributed by atoms with Crippen molar-refractivity contribution in [3.05, 3.63) is 24.3 Å². The fourth-order valence-corrected chi connectivity index (χ4v) is 2.45. The Morgan fingerprint density at radius 1 is 1.41 bits per heavy atom. The van der Waals surface area contributed by atoms with E-state index in [1.807, 2.05) is 24.3 Å². The number of hydrogen-bond donors (Lipinski definition) is 2. The third-order valence-electron chi connectivity index (χ3n) is 4.10. The number of nitrogens with two attached hydrogens (primary N) is 1. The molecule has 0 spiro atoms. The minimum absolute atomic E-state index is 0.116. The maximum absolute atomic E-state index is 12.5. The van der Waals surface area contributed by atoms with E-state index >= 15 is 0 Å². The summed E-state index contributed by atoms with van der Waals surface area (Å²) in [6.45, 7) is 4.09. The first-order valence-electron chi connectivity index (χ1n) is 7.46. The number of carbonyl (C=O) groups excluding carboxylic acids is 2. The van der Waals surface area contributed by atoms with E-state index < -0.39 is 6.04 Å². The molecular formula is C16H23N3O3. The first-order chi connectivity index (χ1) is 10.5. The quantitative estimate of drug-likeness (QED) is 0.846. The van der Waals surface area contributed by atoms with Crippen molar-refractivity contribution in [2.45, 2.75) is 32.4 Å². The number of nitrogens with one attached hydrogen (secondary N) is 1. The zero-order valence-corrected chi connectivity index (χ0v) is 13.2. The van der Waals surface area contributed by atoms with Gasteiger partial charge in [-0.1, -0.05) is 19.1 Å². The molecule has 1 aromatic carbocycles. The van der Waals surface area contributed by atoms with Gasteiger partial charge in [0, 0.05) is 18.5 Å². The lowest BCUT2D eigenvalue weighted by Gasteiger charge is -2.21. The standard InChI is InChI=1S/C16H23N3O3/c1-10(11(2)17)15(20)18-12-8-9-19(16(12)21)13-6-4-5-7-14(13)22-3/h4-7,10-12H,8-9,17H2,1-3H3,(H,18,20). The van der Waals surface area contributed by atoms with E-state index in [1.165, 1.54) is 0 Å². The SMILES string of the molecule is COc1ccccc1N1CCC(NC(=O)C(C)C(C)N)C1=O. The van der Waals surface area contributed by atoms with Gasteiger partial charge in [-0.3, -0.25) is 9.59 Å². The van der Waals surface area contributed by atoms with Crippen molar-refractivity contribution >= 4 is 17.5 Å². The average Bonchev–Trinajstić information content (AvgIpc) is 2.87. The molecule has 22 heavy (non-hydrogen) atoms. The van der Waals surface area contributed by atoms with Gasteiger partial charge in [-0.2, -0.15) is 0 Å². The molecule has 0 aromatic heterocycles. The zero-order valence-electron chi connectivity index (χ0n) is 13.2. The van der Waals surface area contributed by atoms with Crippen molar-refractivity contribution in [3.8, 4) is 5.75 Å². The molecule has 0 radical (unpaired) electrons. The summed E-state index contributed by atoms with van der Waals surface area (Å²) in [5.41, 5.74) is 6.46. The van der Waals surface area contributed by atoms with Crippen LogP contribution in [0.15, 0.2) is 24.3 Å². The Balaban J connectivity index is 2.08. The topological polar surface area (TPSA) is 84.7 Å². The highest BCUT2D eigenvalue weighted by atomic mass is 16.5. The molecule has 1 saturated heterocycles. The van der Waals surface area contributed by atoms with Crippen LogP contribution in [0.3, 0.4) is 0 Å². The number of hydrogen-bond acceptors (Lipinski definition) is 4. The van der Waals surface area contributed by atoms with E-state index in [2.05, 4.69) is 5.32 Å². The number of benzene rings is 1. The predicted molar refractivity (Wildman–Crippen MR) is 84.7 cm³/mol. The van der Waals surface area contributed by atoms with Crippen LogP contribution in [0.2, 0.25) is 0 Å². The van der Waals surface area contributed by atoms with Crippen LogP contribution in [0.5, 0.6) is 5.75 Å². The Morgan fingerprint density at radius 2 is 2.09 bits per heavy atom. The minimum atomic E-state index is -0.501. The van der Waals surface area contributed by atoms with E-state index in [0.717, 1.165) is 5.69 Å². The van der Waals surface area contributed by atoms with Gasteiger partial charge in [0.1, 0.15) is 11.8 Å². The number of amides is 2. The normalized spacial score (nSPS) is 20.6. The molecule has 6 nitrogen and oxygen atoms in total. The maximum atomic E-state index is 12.5. The van der Waals surface area contributed by atoms with Crippen LogP contribution >= 0.6 is 0 Å². The maximum Gasteiger partial charge on any atom is 0.249 e. The number of methoxy groups -OCH3 is 1. The van der Waals surface area contributed by atoms with Crippen molar-refractivity contribution in [1.82, 2.24) is 5.32 Å². The smallest absolute Gasteiger partial charge is 0.249 e. The van der Waals surface area contributed by atoms with E-state index in [-0.39, 0.29) is 23.8 Å². The van der Waals surface area contributed by atoms with Gasteiger partial charge in [-0.15, -0.1) is 0 Å². The van der Waals surface area contributed by atoms with Crippen LogP contribution in [-0.2, 0) is 9.59 Å². The highest BCUT2D eigenvalue weighted by molar-refractivity contribution is 6.02. The van der Waals surface area contributed by atoms with Crippen molar-refractivity contribution in [3.63, 3.8) is 0 Å². The third-order valence-corrected chi connectivity index (χ3v) is 4.10. The Hall–Kier alpha value is -2.08. The number of carbonyl (C=O) groups is 2. The summed E-state index contributed by atoms with van der Waals surface area (Å²) < 4.78 is 5.29. The summed E-state index contributed by atoms with van der Waals surface area (Å²) in [6, 6.07) is 6.61. The molecule has 6 heteroatoms. The van der Waals surface area contributed by atoms with E-state index in [4.69, 9.17) is 10.5 Å². The summed E-state index contributed by atoms with van der Waals surface area (Å²) in [5, 5.41) is 2.80.